The number of aromatic nitrogens is 4. The van der Waals surface area contributed by atoms with Crippen LogP contribution in [0, 0.1) is 6.92 Å². The molecule has 7 heteroatoms. The summed E-state index contributed by atoms with van der Waals surface area (Å²) in [6.45, 7) is 1.91. The lowest BCUT2D eigenvalue weighted by atomic mass is 10.0. The summed E-state index contributed by atoms with van der Waals surface area (Å²) in [6, 6.07) is 11.7. The molecule has 0 radical (unpaired) electrons. The fourth-order valence-electron chi connectivity index (χ4n) is 3.09. The molecule has 0 spiro atoms. The van der Waals surface area contributed by atoms with Crippen molar-refractivity contribution in [2.24, 2.45) is 0 Å². The molecule has 0 saturated carbocycles. The zero-order valence-corrected chi connectivity index (χ0v) is 16.9. The Morgan fingerprint density at radius 1 is 1.04 bits per heavy atom. The molecule has 1 aromatic carbocycles. The summed E-state index contributed by atoms with van der Waals surface area (Å²) in [6.07, 6.45) is 3.34. The maximum Gasteiger partial charge on any atom is 0.137 e. The van der Waals surface area contributed by atoms with E-state index in [1.54, 1.807) is 17.4 Å². The van der Waals surface area contributed by atoms with Crippen molar-refractivity contribution < 1.29 is 0 Å². The van der Waals surface area contributed by atoms with Crippen LogP contribution in [0.3, 0.4) is 0 Å². The van der Waals surface area contributed by atoms with E-state index in [2.05, 4.69) is 38.1 Å². The third-order valence-electron chi connectivity index (χ3n) is 4.37. The average Bonchev–Trinajstić information content (AvgIpc) is 3.33. The number of hydrogen-bond donors (Lipinski definition) is 0. The van der Waals surface area contributed by atoms with Gasteiger partial charge in [0.15, 0.2) is 0 Å². The van der Waals surface area contributed by atoms with Gasteiger partial charge >= 0.3 is 0 Å². The lowest BCUT2D eigenvalue weighted by molar-refractivity contribution is 0.814. The van der Waals surface area contributed by atoms with Crippen LogP contribution in [0.5, 0.6) is 0 Å². The van der Waals surface area contributed by atoms with Gasteiger partial charge in [0.25, 0.3) is 0 Å². The number of rotatable bonds is 5. The first-order valence-corrected chi connectivity index (χ1v) is 10.2. The molecule has 0 fully saturated rings. The number of hydrogen-bond acceptors (Lipinski definition) is 4. The Labute approximate surface area is 171 Å². The van der Waals surface area contributed by atoms with Crippen LogP contribution in [-0.4, -0.2) is 19.7 Å². The summed E-state index contributed by atoms with van der Waals surface area (Å²) in [4.78, 5) is 4.57. The Morgan fingerprint density at radius 2 is 1.93 bits per heavy atom. The molecule has 3 heterocycles. The Bertz CT molecular complexity index is 1070. The van der Waals surface area contributed by atoms with Gasteiger partial charge in [0, 0.05) is 23.6 Å². The molecule has 4 rings (SSSR count). The highest BCUT2D eigenvalue weighted by atomic mass is 35.5. The molecular weight excluding hydrogens is 399 g/mol. The number of nitrogens with zero attached hydrogens (tertiary/aromatic N) is 4. The average molecular weight is 415 g/mol. The maximum absolute atomic E-state index is 6.42. The van der Waals surface area contributed by atoms with E-state index in [9.17, 15) is 0 Å². The number of halogens is 2. The van der Waals surface area contributed by atoms with Crippen LogP contribution in [0.25, 0.3) is 16.9 Å². The van der Waals surface area contributed by atoms with Gasteiger partial charge in [0.05, 0.1) is 21.4 Å². The third kappa shape index (κ3) is 3.63. The Morgan fingerprint density at radius 3 is 2.74 bits per heavy atom. The lowest BCUT2D eigenvalue weighted by Crippen LogP contribution is -2.06. The van der Waals surface area contributed by atoms with Crippen molar-refractivity contribution >= 4 is 34.5 Å². The molecule has 136 valence electrons. The number of benzene rings is 1. The topological polar surface area (TPSA) is 43.6 Å². The van der Waals surface area contributed by atoms with Crippen molar-refractivity contribution in [1.29, 1.82) is 0 Å². The zero-order valence-electron chi connectivity index (χ0n) is 14.6. The minimum absolute atomic E-state index is 0.503. The second-order valence-corrected chi connectivity index (χ2v) is 7.66. The highest BCUT2D eigenvalue weighted by molar-refractivity contribution is 7.08. The SMILES string of the molecule is Cc1nnc(CCc2cccnc2-c2ccsc2)n1-c1cccc(Cl)c1Cl. The molecule has 4 aromatic rings. The lowest BCUT2D eigenvalue weighted by Gasteiger charge is -2.12. The van der Waals surface area contributed by atoms with Gasteiger partial charge in [0.2, 0.25) is 0 Å². The van der Waals surface area contributed by atoms with E-state index in [1.165, 1.54) is 5.56 Å². The van der Waals surface area contributed by atoms with Gasteiger partial charge in [-0.25, -0.2) is 0 Å². The number of pyridine rings is 1. The molecule has 0 aliphatic heterocycles. The summed E-state index contributed by atoms with van der Waals surface area (Å²) in [7, 11) is 0. The quantitative estimate of drug-likeness (QED) is 0.414. The van der Waals surface area contributed by atoms with Crippen molar-refractivity contribution in [3.8, 4) is 16.9 Å². The van der Waals surface area contributed by atoms with Gasteiger partial charge in [-0.05, 0) is 48.6 Å². The molecule has 3 aromatic heterocycles. The summed E-state index contributed by atoms with van der Waals surface area (Å²) < 4.78 is 1.97. The summed E-state index contributed by atoms with van der Waals surface area (Å²) in [5.41, 5.74) is 4.14. The predicted octanol–water partition coefficient (Wildman–Crippen LogP) is 5.79. The molecule has 4 nitrogen and oxygen atoms in total. The van der Waals surface area contributed by atoms with E-state index in [4.69, 9.17) is 23.2 Å². The van der Waals surface area contributed by atoms with Crippen LogP contribution in [0.15, 0.2) is 53.4 Å². The van der Waals surface area contributed by atoms with Gasteiger partial charge in [-0.2, -0.15) is 11.3 Å². The van der Waals surface area contributed by atoms with Gasteiger partial charge in [0.1, 0.15) is 11.6 Å². The van der Waals surface area contributed by atoms with Crippen molar-refractivity contribution in [2.75, 3.05) is 0 Å². The smallest absolute Gasteiger partial charge is 0.137 e. The normalized spacial score (nSPS) is 11.1. The predicted molar refractivity (Wildman–Crippen MR) is 111 cm³/mol. The molecule has 0 unspecified atom stereocenters. The second-order valence-electron chi connectivity index (χ2n) is 6.09. The fraction of sp³-hybridized carbons (Fsp3) is 0.150. The van der Waals surface area contributed by atoms with Crippen molar-refractivity contribution in [1.82, 2.24) is 19.7 Å². The summed E-state index contributed by atoms with van der Waals surface area (Å²) in [5.74, 6) is 1.62. The van der Waals surface area contributed by atoms with Crippen LogP contribution in [-0.2, 0) is 12.8 Å². The first-order chi connectivity index (χ1) is 13.1. The van der Waals surface area contributed by atoms with Gasteiger partial charge in [-0.15, -0.1) is 10.2 Å². The van der Waals surface area contributed by atoms with Crippen LogP contribution in [0.2, 0.25) is 10.0 Å². The molecule has 0 aliphatic carbocycles. The minimum Gasteiger partial charge on any atom is -0.282 e. The van der Waals surface area contributed by atoms with Crippen LogP contribution < -0.4 is 0 Å². The van der Waals surface area contributed by atoms with Gasteiger partial charge in [-0.3, -0.25) is 9.55 Å². The minimum atomic E-state index is 0.503. The Hall–Kier alpha value is -2.21. The maximum atomic E-state index is 6.42. The largest absolute Gasteiger partial charge is 0.282 e. The molecule has 0 atom stereocenters. The second kappa shape index (κ2) is 7.80. The van der Waals surface area contributed by atoms with Crippen molar-refractivity contribution in [3.63, 3.8) is 0 Å². The monoisotopic (exact) mass is 414 g/mol. The van der Waals surface area contributed by atoms with Crippen molar-refractivity contribution in [2.45, 2.75) is 19.8 Å². The van der Waals surface area contributed by atoms with E-state index < -0.39 is 0 Å². The van der Waals surface area contributed by atoms with Crippen LogP contribution >= 0.6 is 34.5 Å². The van der Waals surface area contributed by atoms with Gasteiger partial charge < -0.3 is 0 Å². The van der Waals surface area contributed by atoms with Crippen LogP contribution in [0.4, 0.5) is 0 Å². The molecule has 27 heavy (non-hydrogen) atoms. The molecule has 0 aliphatic rings. The van der Waals surface area contributed by atoms with E-state index in [-0.39, 0.29) is 0 Å². The van der Waals surface area contributed by atoms with E-state index in [1.807, 2.05) is 35.9 Å². The molecular formula is C20H16Cl2N4S. The number of aryl methyl sites for hydroxylation is 3. The highest BCUT2D eigenvalue weighted by Gasteiger charge is 2.16. The fourth-order valence-corrected chi connectivity index (χ4v) is 4.11. The van der Waals surface area contributed by atoms with E-state index in [0.29, 0.717) is 16.5 Å². The van der Waals surface area contributed by atoms with Crippen molar-refractivity contribution in [3.05, 3.63) is 80.6 Å². The Balaban J connectivity index is 1.66. The first-order valence-electron chi connectivity index (χ1n) is 8.47. The molecule has 0 bridgehead atoms. The summed E-state index contributed by atoms with van der Waals surface area (Å²) >= 11 is 14.3. The number of thiophene rings is 1. The standard InChI is InChI=1S/C20H16Cl2N4S/c1-13-24-25-18(26(13)17-6-2-5-16(21)19(17)22)8-7-14-4-3-10-23-20(14)15-9-11-27-12-15/h2-6,9-12H,7-8H2,1H3. The first kappa shape index (κ1) is 18.2. The molecule has 0 amide bonds. The third-order valence-corrected chi connectivity index (χ3v) is 5.86. The van der Waals surface area contributed by atoms with E-state index >= 15 is 0 Å². The summed E-state index contributed by atoms with van der Waals surface area (Å²) in [5, 5.41) is 13.8. The zero-order chi connectivity index (χ0) is 18.8. The Kier molecular flexibility index (Phi) is 5.25. The van der Waals surface area contributed by atoms with E-state index in [0.717, 1.165) is 35.0 Å². The van der Waals surface area contributed by atoms with Gasteiger partial charge in [-0.1, -0.05) is 35.3 Å². The molecule has 0 saturated heterocycles. The van der Waals surface area contributed by atoms with Crippen LogP contribution in [0.1, 0.15) is 17.2 Å². The molecule has 0 N–H and O–H groups in total. The highest BCUT2D eigenvalue weighted by Crippen LogP contribution is 2.30.